The van der Waals surface area contributed by atoms with Gasteiger partial charge in [0.2, 0.25) is 11.8 Å². The summed E-state index contributed by atoms with van der Waals surface area (Å²) >= 11 is 6.09. The van der Waals surface area contributed by atoms with Crippen molar-refractivity contribution in [3.05, 3.63) is 91.5 Å². The molecule has 0 N–H and O–H groups in total. The molecule has 0 saturated carbocycles. The predicted octanol–water partition coefficient (Wildman–Crippen LogP) is 2.61. The van der Waals surface area contributed by atoms with Crippen LogP contribution in [-0.4, -0.2) is 56.4 Å². The van der Waals surface area contributed by atoms with Gasteiger partial charge in [0.1, 0.15) is 18.9 Å². The van der Waals surface area contributed by atoms with E-state index in [9.17, 15) is 28.8 Å². The number of piperidine rings is 1. The highest BCUT2D eigenvalue weighted by atomic mass is 35.5. The number of likely N-dealkylation sites (tertiary alicyclic amines) is 1. The molecule has 0 atom stereocenters. The van der Waals surface area contributed by atoms with Crippen molar-refractivity contribution in [3.8, 4) is 17.2 Å². The quantitative estimate of drug-likeness (QED) is 0.474. The third kappa shape index (κ3) is 5.29. The number of hydrogen-bond donors (Lipinski definition) is 0. The number of nitrogens with zero attached hydrogens (tertiary/aromatic N) is 5. The number of benzene rings is 2. The van der Waals surface area contributed by atoms with E-state index in [1.165, 1.54) is 23.9 Å². The summed E-state index contributed by atoms with van der Waals surface area (Å²) in [4.78, 5) is 55.8. The van der Waals surface area contributed by atoms with E-state index >= 15 is 0 Å². The third-order valence-corrected chi connectivity index (χ3v) is 8.06. The van der Waals surface area contributed by atoms with Crippen LogP contribution in [0.2, 0.25) is 5.02 Å². The van der Waals surface area contributed by atoms with E-state index < -0.39 is 23.6 Å². The predicted molar refractivity (Wildman–Crippen MR) is 146 cm³/mol. The second kappa shape index (κ2) is 11.5. The van der Waals surface area contributed by atoms with Crippen LogP contribution in [0.1, 0.15) is 24.0 Å². The van der Waals surface area contributed by atoms with Crippen LogP contribution < -0.4 is 11.2 Å². The summed E-state index contributed by atoms with van der Waals surface area (Å²) in [6.45, 7) is 0.555. The molecule has 0 unspecified atom stereocenters. The summed E-state index contributed by atoms with van der Waals surface area (Å²) in [5.74, 6) is -0.993. The Morgan fingerprint density at radius 1 is 1.00 bits per heavy atom. The number of aromatic nitrogens is 2. The first-order chi connectivity index (χ1) is 19.3. The topological polar surface area (TPSA) is 108 Å². The molecular formula is C29H27ClFN5O4. The largest absolute Gasteiger partial charge is 0.341 e. The normalized spacial score (nSPS) is 15.9. The fourth-order valence-electron chi connectivity index (χ4n) is 5.54. The molecule has 0 aliphatic carbocycles. The lowest BCUT2D eigenvalue weighted by Gasteiger charge is -2.38. The van der Waals surface area contributed by atoms with Crippen LogP contribution >= 0.6 is 11.6 Å². The molecular weight excluding hydrogens is 537 g/mol. The second-order valence-electron chi connectivity index (χ2n) is 10.00. The number of nitriles is 1. The van der Waals surface area contributed by atoms with E-state index in [4.69, 9.17) is 11.6 Å². The van der Waals surface area contributed by atoms with Crippen molar-refractivity contribution in [2.24, 2.45) is 0 Å². The molecule has 1 saturated heterocycles. The lowest BCUT2D eigenvalue weighted by molar-refractivity contribution is -0.136. The van der Waals surface area contributed by atoms with Gasteiger partial charge in [-0.15, -0.1) is 0 Å². The van der Waals surface area contributed by atoms with Crippen LogP contribution in [0.15, 0.2) is 58.3 Å². The van der Waals surface area contributed by atoms with Crippen LogP contribution in [-0.2, 0) is 35.5 Å². The zero-order valence-corrected chi connectivity index (χ0v) is 22.4. The van der Waals surface area contributed by atoms with E-state index in [0.717, 1.165) is 22.6 Å². The van der Waals surface area contributed by atoms with E-state index in [2.05, 4.69) is 6.07 Å². The van der Waals surface area contributed by atoms with Gasteiger partial charge < -0.3 is 9.80 Å². The van der Waals surface area contributed by atoms with Crippen LogP contribution in [0, 0.1) is 17.1 Å². The minimum atomic E-state index is -0.819. The highest BCUT2D eigenvalue weighted by molar-refractivity contribution is 6.33. The molecule has 5 rings (SSSR count). The number of carbonyl (C=O) groups is 2. The smallest absolute Gasteiger partial charge is 0.332 e. The molecule has 1 fully saturated rings. The zero-order chi connectivity index (χ0) is 28.4. The highest BCUT2D eigenvalue weighted by Gasteiger charge is 2.31. The van der Waals surface area contributed by atoms with Gasteiger partial charge in [-0.1, -0.05) is 48.0 Å². The molecule has 2 amide bonds. The van der Waals surface area contributed by atoms with Crippen molar-refractivity contribution in [1.82, 2.24) is 18.9 Å². The van der Waals surface area contributed by atoms with Crippen molar-refractivity contribution in [3.63, 3.8) is 0 Å². The molecule has 40 heavy (non-hydrogen) atoms. The zero-order valence-electron chi connectivity index (χ0n) is 21.7. The Hall–Kier alpha value is -4.23. The van der Waals surface area contributed by atoms with Gasteiger partial charge in [0.15, 0.2) is 0 Å². The first-order valence-corrected chi connectivity index (χ1v) is 13.5. The Balaban J connectivity index is 1.32. The van der Waals surface area contributed by atoms with Crippen LogP contribution in [0.5, 0.6) is 0 Å². The minimum Gasteiger partial charge on any atom is -0.341 e. The average molecular weight is 564 g/mol. The van der Waals surface area contributed by atoms with Gasteiger partial charge in [-0.3, -0.25) is 19.0 Å². The Labute approximate surface area is 234 Å². The van der Waals surface area contributed by atoms with Gasteiger partial charge in [0.25, 0.3) is 5.56 Å². The van der Waals surface area contributed by atoms with Gasteiger partial charge in [-0.2, -0.15) is 5.26 Å². The monoisotopic (exact) mass is 563 g/mol. The summed E-state index contributed by atoms with van der Waals surface area (Å²) < 4.78 is 15.9. The Kier molecular flexibility index (Phi) is 7.85. The Morgan fingerprint density at radius 3 is 2.45 bits per heavy atom. The maximum absolute atomic E-state index is 14.1. The van der Waals surface area contributed by atoms with Crippen LogP contribution in [0.4, 0.5) is 4.39 Å². The first kappa shape index (κ1) is 27.3. The summed E-state index contributed by atoms with van der Waals surface area (Å²) in [7, 11) is 0. The number of amides is 2. The SMILES string of the molecule is N#CCn1c(=O)c(-c2cccc(F)c2Cl)cn(CC(=O)N2CCC(N3CCc4ccccc4CC3=O)CC2)c1=O. The molecule has 2 aromatic carbocycles. The van der Waals surface area contributed by atoms with Gasteiger partial charge in [-0.05, 0) is 36.5 Å². The number of fused-ring (bicyclic) bond motifs is 1. The second-order valence-corrected chi connectivity index (χ2v) is 10.4. The van der Waals surface area contributed by atoms with E-state index in [0.29, 0.717) is 43.5 Å². The maximum atomic E-state index is 14.1. The van der Waals surface area contributed by atoms with Gasteiger partial charge in [-0.25, -0.2) is 13.8 Å². The highest BCUT2D eigenvalue weighted by Crippen LogP contribution is 2.28. The molecule has 9 nitrogen and oxygen atoms in total. The Bertz CT molecular complexity index is 1630. The van der Waals surface area contributed by atoms with Gasteiger partial charge in [0.05, 0.1) is 23.1 Å². The summed E-state index contributed by atoms with van der Waals surface area (Å²) in [5, 5.41) is 8.88. The molecule has 3 heterocycles. The van der Waals surface area contributed by atoms with Crippen LogP contribution in [0.3, 0.4) is 0 Å². The fraction of sp³-hybridized carbons (Fsp3) is 0.345. The molecule has 0 spiro atoms. The molecule has 2 aliphatic heterocycles. The van der Waals surface area contributed by atoms with Gasteiger partial charge in [0, 0.05) is 37.4 Å². The molecule has 3 aromatic rings. The minimum absolute atomic E-state index is 0.0211. The third-order valence-electron chi connectivity index (χ3n) is 7.67. The summed E-state index contributed by atoms with van der Waals surface area (Å²) in [6, 6.07) is 13.7. The van der Waals surface area contributed by atoms with Crippen molar-refractivity contribution in [2.45, 2.75) is 44.8 Å². The average Bonchev–Trinajstić information content (AvgIpc) is 3.12. The van der Waals surface area contributed by atoms with Crippen LogP contribution in [0.25, 0.3) is 11.1 Å². The molecule has 2 aliphatic rings. The molecule has 0 radical (unpaired) electrons. The fourth-order valence-corrected chi connectivity index (χ4v) is 5.76. The molecule has 11 heteroatoms. The number of rotatable bonds is 5. The number of carbonyl (C=O) groups excluding carboxylic acids is 2. The Morgan fingerprint density at radius 2 is 1.73 bits per heavy atom. The van der Waals surface area contributed by atoms with Crippen molar-refractivity contribution >= 4 is 23.4 Å². The summed E-state index contributed by atoms with van der Waals surface area (Å²) in [5.41, 5.74) is 0.600. The number of halogens is 2. The van der Waals surface area contributed by atoms with E-state index in [1.807, 2.05) is 23.1 Å². The van der Waals surface area contributed by atoms with Crippen molar-refractivity contribution < 1.29 is 14.0 Å². The number of hydrogen-bond acceptors (Lipinski definition) is 5. The lowest BCUT2D eigenvalue weighted by atomic mass is 10.0. The lowest BCUT2D eigenvalue weighted by Crippen LogP contribution is -2.50. The summed E-state index contributed by atoms with van der Waals surface area (Å²) in [6.07, 6.45) is 3.58. The van der Waals surface area contributed by atoms with E-state index in [-0.39, 0.29) is 40.6 Å². The van der Waals surface area contributed by atoms with Crippen molar-refractivity contribution in [2.75, 3.05) is 19.6 Å². The maximum Gasteiger partial charge on any atom is 0.332 e. The van der Waals surface area contributed by atoms with E-state index in [1.54, 1.807) is 11.0 Å². The first-order valence-electron chi connectivity index (χ1n) is 13.1. The molecule has 206 valence electrons. The standard InChI is InChI=1S/C29H27ClFN5O4/c30-27-22(6-3-7-24(27)31)23-17-34(29(40)36(15-11-32)28(23)39)18-26(38)33-12-9-21(10-13-33)35-14-8-19-4-1-2-5-20(19)16-25(35)37/h1-7,17,21H,8-10,12-16,18H2. The molecule has 1 aromatic heterocycles. The van der Waals surface area contributed by atoms with Gasteiger partial charge >= 0.3 is 5.69 Å². The van der Waals surface area contributed by atoms with Crippen molar-refractivity contribution in [1.29, 1.82) is 5.26 Å². The molecule has 0 bridgehead atoms.